The molecule has 3 rings (SSSR count). The predicted octanol–water partition coefficient (Wildman–Crippen LogP) is 3.88. The number of carbonyl (C=O) groups excluding carboxylic acids is 2. The summed E-state index contributed by atoms with van der Waals surface area (Å²) in [6, 6.07) is 9.03. The van der Waals surface area contributed by atoms with Crippen LogP contribution in [-0.4, -0.2) is 42.9 Å². The van der Waals surface area contributed by atoms with Crippen molar-refractivity contribution in [3.05, 3.63) is 52.2 Å². The Bertz CT molecular complexity index is 743. The van der Waals surface area contributed by atoms with Gasteiger partial charge in [-0.05, 0) is 55.4 Å². The lowest BCUT2D eigenvalue weighted by atomic mass is 9.96. The third-order valence-corrected chi connectivity index (χ3v) is 5.46. The minimum Gasteiger partial charge on any atom is -0.339 e. The molecule has 146 valence electrons. The number of nitrogens with zero attached hydrogens (tertiary/aromatic N) is 1. The number of benzene rings is 1. The maximum atomic E-state index is 13.0. The smallest absolute Gasteiger partial charge is 0.256 e. The summed E-state index contributed by atoms with van der Waals surface area (Å²) in [4.78, 5) is 27.2. The lowest BCUT2D eigenvalue weighted by Gasteiger charge is -2.32. The second kappa shape index (κ2) is 10.4. The number of anilines is 1. The van der Waals surface area contributed by atoms with Crippen molar-refractivity contribution in [3.8, 4) is 0 Å². The highest BCUT2D eigenvalue weighted by Gasteiger charge is 2.25. The molecule has 0 atom stereocenters. The molecule has 7 heteroatoms. The van der Waals surface area contributed by atoms with Crippen LogP contribution in [0.1, 0.15) is 40.5 Å². The molecule has 27 heavy (non-hydrogen) atoms. The first-order valence-corrected chi connectivity index (χ1v) is 10.1. The number of piperidine rings is 1. The molecule has 0 radical (unpaired) electrons. The predicted molar refractivity (Wildman–Crippen MR) is 113 cm³/mol. The second-order valence-electron chi connectivity index (χ2n) is 6.55. The number of likely N-dealkylation sites (tertiary alicyclic amines) is 1. The van der Waals surface area contributed by atoms with E-state index in [4.69, 9.17) is 0 Å². The van der Waals surface area contributed by atoms with Crippen molar-refractivity contribution in [1.82, 2.24) is 10.2 Å². The van der Waals surface area contributed by atoms with Gasteiger partial charge in [0.15, 0.2) is 0 Å². The molecular formula is C20H26ClN3O2S. The van der Waals surface area contributed by atoms with E-state index in [2.05, 4.69) is 17.6 Å². The molecule has 0 spiro atoms. The normalized spacial score (nSPS) is 14.5. The van der Waals surface area contributed by atoms with Gasteiger partial charge in [0.1, 0.15) is 0 Å². The number of hydrogen-bond donors (Lipinski definition) is 2. The molecule has 1 aliphatic rings. The zero-order valence-corrected chi connectivity index (χ0v) is 17.1. The molecule has 1 aromatic heterocycles. The van der Waals surface area contributed by atoms with Gasteiger partial charge in [0, 0.05) is 18.5 Å². The van der Waals surface area contributed by atoms with E-state index in [1.165, 1.54) is 11.3 Å². The van der Waals surface area contributed by atoms with Crippen molar-refractivity contribution in [2.75, 3.05) is 31.5 Å². The Balaban J connectivity index is 0.00000261. The van der Waals surface area contributed by atoms with Crippen molar-refractivity contribution in [2.24, 2.45) is 5.92 Å². The number of rotatable bonds is 6. The van der Waals surface area contributed by atoms with Gasteiger partial charge in [0.05, 0.1) is 16.8 Å². The molecule has 0 saturated carbocycles. The average molecular weight is 408 g/mol. The molecule has 2 heterocycles. The van der Waals surface area contributed by atoms with Crippen LogP contribution in [0.5, 0.6) is 0 Å². The number of carbonyl (C=O) groups is 2. The van der Waals surface area contributed by atoms with Gasteiger partial charge in [-0.1, -0.05) is 19.1 Å². The Hall–Kier alpha value is -1.89. The molecule has 2 aromatic rings. The molecule has 2 amide bonds. The van der Waals surface area contributed by atoms with Crippen LogP contribution in [-0.2, 0) is 0 Å². The fourth-order valence-electron chi connectivity index (χ4n) is 3.23. The van der Waals surface area contributed by atoms with Gasteiger partial charge in [-0.25, -0.2) is 0 Å². The summed E-state index contributed by atoms with van der Waals surface area (Å²) in [5, 5.41) is 9.93. The molecule has 1 aliphatic heterocycles. The van der Waals surface area contributed by atoms with Crippen molar-refractivity contribution in [3.63, 3.8) is 0 Å². The number of amides is 2. The molecule has 2 N–H and O–H groups in total. The Kier molecular flexibility index (Phi) is 8.28. The van der Waals surface area contributed by atoms with E-state index in [0.717, 1.165) is 39.0 Å². The van der Waals surface area contributed by atoms with Crippen molar-refractivity contribution in [2.45, 2.75) is 19.8 Å². The second-order valence-corrected chi connectivity index (χ2v) is 7.34. The lowest BCUT2D eigenvalue weighted by molar-refractivity contribution is 0.0691. The summed E-state index contributed by atoms with van der Waals surface area (Å²) >= 11 is 1.48. The summed E-state index contributed by atoms with van der Waals surface area (Å²) < 4.78 is 0. The van der Waals surface area contributed by atoms with Gasteiger partial charge in [-0.15, -0.1) is 12.4 Å². The van der Waals surface area contributed by atoms with E-state index in [1.54, 1.807) is 23.6 Å². The zero-order chi connectivity index (χ0) is 18.4. The average Bonchev–Trinajstić information content (AvgIpc) is 3.22. The minimum atomic E-state index is -0.184. The van der Waals surface area contributed by atoms with Crippen LogP contribution >= 0.6 is 23.7 Å². The maximum Gasteiger partial charge on any atom is 0.256 e. The third-order valence-electron chi connectivity index (χ3n) is 4.77. The quantitative estimate of drug-likeness (QED) is 0.763. The Morgan fingerprint density at radius 1 is 1.19 bits per heavy atom. The first kappa shape index (κ1) is 21.4. The first-order valence-electron chi connectivity index (χ1n) is 9.11. The summed E-state index contributed by atoms with van der Waals surface area (Å²) in [5.74, 6) is 0.441. The summed E-state index contributed by atoms with van der Waals surface area (Å²) in [6.07, 6.45) is 2.03. The standard InChI is InChI=1S/C20H25N3O2S.ClH/c1-2-21-13-15-7-10-23(11-8-15)20(25)17-5-3-4-6-18(17)22-19(24)16-9-12-26-14-16;/h3-6,9,12,14-15,21H,2,7-8,10-11,13H2,1H3,(H,22,24);1H. The van der Waals surface area contributed by atoms with Crippen molar-refractivity contribution in [1.29, 1.82) is 0 Å². The Morgan fingerprint density at radius 2 is 1.93 bits per heavy atom. The topological polar surface area (TPSA) is 61.4 Å². The number of hydrogen-bond acceptors (Lipinski definition) is 4. The fourth-order valence-corrected chi connectivity index (χ4v) is 3.86. The van der Waals surface area contributed by atoms with Crippen molar-refractivity contribution < 1.29 is 9.59 Å². The molecule has 0 aliphatic carbocycles. The van der Waals surface area contributed by atoms with Crippen LogP contribution in [0, 0.1) is 5.92 Å². The van der Waals surface area contributed by atoms with E-state index >= 15 is 0 Å². The minimum absolute atomic E-state index is 0. The molecule has 1 aromatic carbocycles. The summed E-state index contributed by atoms with van der Waals surface area (Å²) in [6.45, 7) is 5.64. The number of para-hydroxylation sites is 1. The molecule has 0 bridgehead atoms. The van der Waals surface area contributed by atoms with Crippen LogP contribution in [0.3, 0.4) is 0 Å². The molecule has 5 nitrogen and oxygen atoms in total. The maximum absolute atomic E-state index is 13.0. The van der Waals surface area contributed by atoms with Crippen LogP contribution in [0.2, 0.25) is 0 Å². The van der Waals surface area contributed by atoms with Gasteiger partial charge < -0.3 is 15.5 Å². The first-order chi connectivity index (χ1) is 12.7. The highest BCUT2D eigenvalue weighted by molar-refractivity contribution is 7.08. The van der Waals surface area contributed by atoms with Gasteiger partial charge >= 0.3 is 0 Å². The zero-order valence-electron chi connectivity index (χ0n) is 15.4. The van der Waals surface area contributed by atoms with Gasteiger partial charge in [-0.2, -0.15) is 11.3 Å². The molecule has 1 fully saturated rings. The molecule has 0 unspecified atom stereocenters. The fraction of sp³-hybridized carbons (Fsp3) is 0.400. The lowest BCUT2D eigenvalue weighted by Crippen LogP contribution is -2.41. The highest BCUT2D eigenvalue weighted by Crippen LogP contribution is 2.23. The third kappa shape index (κ3) is 5.54. The largest absolute Gasteiger partial charge is 0.339 e. The highest BCUT2D eigenvalue weighted by atomic mass is 35.5. The number of nitrogens with one attached hydrogen (secondary N) is 2. The van der Waals surface area contributed by atoms with E-state index in [0.29, 0.717) is 22.7 Å². The van der Waals surface area contributed by atoms with Crippen LogP contribution in [0.4, 0.5) is 5.69 Å². The van der Waals surface area contributed by atoms with Gasteiger partial charge in [0.2, 0.25) is 0 Å². The van der Waals surface area contributed by atoms with Crippen molar-refractivity contribution >= 4 is 41.2 Å². The van der Waals surface area contributed by atoms with Crippen LogP contribution in [0.15, 0.2) is 41.1 Å². The van der Waals surface area contributed by atoms with E-state index in [-0.39, 0.29) is 24.2 Å². The van der Waals surface area contributed by atoms with Crippen LogP contribution in [0.25, 0.3) is 0 Å². The summed E-state index contributed by atoms with van der Waals surface area (Å²) in [5.41, 5.74) is 1.74. The van der Waals surface area contributed by atoms with E-state index in [9.17, 15) is 9.59 Å². The molecular weight excluding hydrogens is 382 g/mol. The van der Waals surface area contributed by atoms with Crippen LogP contribution < -0.4 is 10.6 Å². The van der Waals surface area contributed by atoms with E-state index < -0.39 is 0 Å². The molecule has 1 saturated heterocycles. The summed E-state index contributed by atoms with van der Waals surface area (Å²) in [7, 11) is 0. The Morgan fingerprint density at radius 3 is 2.59 bits per heavy atom. The van der Waals surface area contributed by atoms with Gasteiger partial charge in [0.25, 0.3) is 11.8 Å². The number of halogens is 1. The SMILES string of the molecule is CCNCC1CCN(C(=O)c2ccccc2NC(=O)c2ccsc2)CC1.Cl. The van der Waals surface area contributed by atoms with E-state index in [1.807, 2.05) is 22.4 Å². The van der Waals surface area contributed by atoms with Gasteiger partial charge in [-0.3, -0.25) is 9.59 Å². The Labute approximate surface area is 170 Å². The number of thiophene rings is 1. The monoisotopic (exact) mass is 407 g/mol.